The van der Waals surface area contributed by atoms with Gasteiger partial charge in [0.1, 0.15) is 6.61 Å². The van der Waals surface area contributed by atoms with Crippen LogP contribution in [0.3, 0.4) is 0 Å². The van der Waals surface area contributed by atoms with E-state index in [9.17, 15) is 4.79 Å². The van der Waals surface area contributed by atoms with Gasteiger partial charge in [-0.3, -0.25) is 4.79 Å². The summed E-state index contributed by atoms with van der Waals surface area (Å²) in [4.78, 5) is 12.0. The fourth-order valence-electron chi connectivity index (χ4n) is 2.87. The van der Waals surface area contributed by atoms with Crippen molar-refractivity contribution in [3.8, 4) is 0 Å². The van der Waals surface area contributed by atoms with E-state index in [1.165, 1.54) is 12.8 Å². The average Bonchev–Trinajstić information content (AvgIpc) is 2.46. The summed E-state index contributed by atoms with van der Waals surface area (Å²) in [5.74, 6) is 1.64. The number of carbonyl (C=O) groups is 1. The first-order valence-electron chi connectivity index (χ1n) is 7.37. The van der Waals surface area contributed by atoms with Gasteiger partial charge in [-0.2, -0.15) is 0 Å². The summed E-state index contributed by atoms with van der Waals surface area (Å²) < 4.78 is 5.42. The molecule has 0 N–H and O–H groups in total. The SMILES string of the molecule is CC(C)[C@H]1CC[C@H](C(=O)OCc2ccccc2)CC1. The molecule has 0 unspecified atom stereocenters. The first kappa shape index (κ1) is 14.1. The van der Waals surface area contributed by atoms with E-state index in [2.05, 4.69) is 13.8 Å². The number of benzene rings is 1. The van der Waals surface area contributed by atoms with Crippen LogP contribution in [0.5, 0.6) is 0 Å². The minimum atomic E-state index is -0.00828. The first-order chi connectivity index (χ1) is 9.16. The van der Waals surface area contributed by atoms with Crippen molar-refractivity contribution >= 4 is 5.97 Å². The summed E-state index contributed by atoms with van der Waals surface area (Å²) in [6, 6.07) is 9.89. The van der Waals surface area contributed by atoms with Gasteiger partial charge in [0.15, 0.2) is 0 Å². The van der Waals surface area contributed by atoms with Crippen molar-refractivity contribution in [3.05, 3.63) is 35.9 Å². The Kier molecular flexibility index (Phi) is 5.00. The Bertz CT molecular complexity index is 389. The van der Waals surface area contributed by atoms with Gasteiger partial charge < -0.3 is 4.74 Å². The lowest BCUT2D eigenvalue weighted by Crippen LogP contribution is -2.25. The highest BCUT2D eigenvalue weighted by atomic mass is 16.5. The van der Waals surface area contributed by atoms with E-state index in [4.69, 9.17) is 4.74 Å². The van der Waals surface area contributed by atoms with Crippen LogP contribution in [-0.4, -0.2) is 5.97 Å². The van der Waals surface area contributed by atoms with Crippen molar-refractivity contribution in [2.24, 2.45) is 17.8 Å². The summed E-state index contributed by atoms with van der Waals surface area (Å²) >= 11 is 0. The first-order valence-corrected chi connectivity index (χ1v) is 7.37. The maximum absolute atomic E-state index is 12.0. The van der Waals surface area contributed by atoms with Gasteiger partial charge in [0.2, 0.25) is 0 Å². The lowest BCUT2D eigenvalue weighted by atomic mass is 9.77. The molecule has 0 saturated heterocycles. The molecule has 0 radical (unpaired) electrons. The van der Waals surface area contributed by atoms with Gasteiger partial charge in [-0.1, -0.05) is 44.2 Å². The van der Waals surface area contributed by atoms with Crippen LogP contribution in [0.2, 0.25) is 0 Å². The third-order valence-corrected chi connectivity index (χ3v) is 4.27. The van der Waals surface area contributed by atoms with Crippen LogP contribution < -0.4 is 0 Å². The maximum atomic E-state index is 12.0. The molecule has 0 amide bonds. The van der Waals surface area contributed by atoms with E-state index in [0.29, 0.717) is 6.61 Å². The number of hydrogen-bond acceptors (Lipinski definition) is 2. The molecule has 0 aliphatic heterocycles. The Morgan fingerprint density at radius 3 is 2.37 bits per heavy atom. The van der Waals surface area contributed by atoms with E-state index in [1.807, 2.05) is 30.3 Å². The predicted molar refractivity (Wildman–Crippen MR) is 76.5 cm³/mol. The highest BCUT2D eigenvalue weighted by Gasteiger charge is 2.28. The molecule has 1 aliphatic rings. The summed E-state index contributed by atoms with van der Waals surface area (Å²) in [6.45, 7) is 4.96. The van der Waals surface area contributed by atoms with Crippen molar-refractivity contribution in [2.45, 2.75) is 46.1 Å². The van der Waals surface area contributed by atoms with Crippen molar-refractivity contribution in [3.63, 3.8) is 0 Å². The van der Waals surface area contributed by atoms with Gasteiger partial charge in [-0.05, 0) is 43.1 Å². The van der Waals surface area contributed by atoms with Crippen LogP contribution in [0, 0.1) is 17.8 Å². The van der Waals surface area contributed by atoms with Crippen LogP contribution in [0.25, 0.3) is 0 Å². The van der Waals surface area contributed by atoms with Crippen LogP contribution >= 0.6 is 0 Å². The van der Waals surface area contributed by atoms with Gasteiger partial charge in [-0.25, -0.2) is 0 Å². The molecule has 0 spiro atoms. The van der Waals surface area contributed by atoms with Gasteiger partial charge in [0, 0.05) is 0 Å². The molecule has 0 heterocycles. The Balaban J connectivity index is 1.76. The molecule has 1 saturated carbocycles. The molecule has 19 heavy (non-hydrogen) atoms. The summed E-state index contributed by atoms with van der Waals surface area (Å²) in [5.41, 5.74) is 1.06. The number of rotatable bonds is 4. The molecule has 2 rings (SSSR count). The third kappa shape index (κ3) is 4.09. The van der Waals surface area contributed by atoms with Crippen LogP contribution in [0.1, 0.15) is 45.1 Å². The lowest BCUT2D eigenvalue weighted by molar-refractivity contribution is -0.151. The summed E-state index contributed by atoms with van der Waals surface area (Å²) in [5, 5.41) is 0. The minimum absolute atomic E-state index is 0.00828. The Morgan fingerprint density at radius 2 is 1.79 bits per heavy atom. The molecular weight excluding hydrogens is 236 g/mol. The predicted octanol–water partition coefficient (Wildman–Crippen LogP) is 4.19. The zero-order valence-corrected chi connectivity index (χ0v) is 12.0. The molecule has 0 aromatic heterocycles. The third-order valence-electron chi connectivity index (χ3n) is 4.27. The molecule has 1 fully saturated rings. The normalized spacial score (nSPS) is 23.3. The second-order valence-electron chi connectivity index (χ2n) is 5.95. The van der Waals surface area contributed by atoms with Gasteiger partial charge in [0.25, 0.3) is 0 Å². The number of ether oxygens (including phenoxy) is 1. The zero-order valence-electron chi connectivity index (χ0n) is 12.0. The monoisotopic (exact) mass is 260 g/mol. The fourth-order valence-corrected chi connectivity index (χ4v) is 2.87. The van der Waals surface area contributed by atoms with Crippen LogP contribution in [-0.2, 0) is 16.1 Å². The highest BCUT2D eigenvalue weighted by Crippen LogP contribution is 2.33. The standard InChI is InChI=1S/C17H24O2/c1-13(2)15-8-10-16(11-9-15)17(18)19-12-14-6-4-3-5-7-14/h3-7,13,15-16H,8-12H2,1-2H3/t15-,16-. The Hall–Kier alpha value is -1.31. The highest BCUT2D eigenvalue weighted by molar-refractivity contribution is 5.72. The number of carbonyl (C=O) groups excluding carboxylic acids is 1. The van der Waals surface area contributed by atoms with Crippen molar-refractivity contribution in [2.75, 3.05) is 0 Å². The molecule has 1 aliphatic carbocycles. The molecule has 0 atom stereocenters. The summed E-state index contributed by atoms with van der Waals surface area (Å²) in [6.07, 6.45) is 4.33. The van der Waals surface area contributed by atoms with E-state index in [1.54, 1.807) is 0 Å². The zero-order chi connectivity index (χ0) is 13.7. The summed E-state index contributed by atoms with van der Waals surface area (Å²) in [7, 11) is 0. The van der Waals surface area contributed by atoms with Crippen molar-refractivity contribution in [1.29, 1.82) is 0 Å². The second kappa shape index (κ2) is 6.74. The second-order valence-corrected chi connectivity index (χ2v) is 5.95. The van der Waals surface area contributed by atoms with E-state index in [0.717, 1.165) is 30.2 Å². The van der Waals surface area contributed by atoms with Gasteiger partial charge >= 0.3 is 5.97 Å². The maximum Gasteiger partial charge on any atom is 0.309 e. The Labute approximate surface area is 116 Å². The van der Waals surface area contributed by atoms with E-state index >= 15 is 0 Å². The van der Waals surface area contributed by atoms with Crippen LogP contribution in [0.15, 0.2) is 30.3 Å². The molecule has 104 valence electrons. The Morgan fingerprint density at radius 1 is 1.16 bits per heavy atom. The smallest absolute Gasteiger partial charge is 0.309 e. The molecule has 1 aromatic rings. The molecule has 2 nitrogen and oxygen atoms in total. The molecular formula is C17H24O2. The number of esters is 1. The van der Waals surface area contributed by atoms with Gasteiger partial charge in [0.05, 0.1) is 5.92 Å². The minimum Gasteiger partial charge on any atom is -0.461 e. The van der Waals surface area contributed by atoms with Crippen molar-refractivity contribution in [1.82, 2.24) is 0 Å². The van der Waals surface area contributed by atoms with Crippen molar-refractivity contribution < 1.29 is 9.53 Å². The quantitative estimate of drug-likeness (QED) is 0.759. The van der Waals surface area contributed by atoms with E-state index in [-0.39, 0.29) is 11.9 Å². The topological polar surface area (TPSA) is 26.3 Å². The van der Waals surface area contributed by atoms with Crippen LogP contribution in [0.4, 0.5) is 0 Å². The fraction of sp³-hybridized carbons (Fsp3) is 0.588. The number of hydrogen-bond donors (Lipinski definition) is 0. The van der Waals surface area contributed by atoms with Gasteiger partial charge in [-0.15, -0.1) is 0 Å². The van der Waals surface area contributed by atoms with E-state index < -0.39 is 0 Å². The average molecular weight is 260 g/mol. The molecule has 2 heteroatoms. The molecule has 0 bridgehead atoms. The lowest BCUT2D eigenvalue weighted by Gasteiger charge is -2.29. The molecule has 1 aromatic carbocycles. The largest absolute Gasteiger partial charge is 0.461 e.